The number of rotatable bonds is 4. The van der Waals surface area contributed by atoms with Gasteiger partial charge in [0, 0.05) is 11.6 Å². The molecule has 2 aliphatic heterocycles. The Morgan fingerprint density at radius 2 is 1.91 bits per heavy atom. The molecule has 3 aliphatic rings. The maximum Gasteiger partial charge on any atom is 0.325 e. The van der Waals surface area contributed by atoms with Crippen LogP contribution in [-0.2, 0) is 21.5 Å². The van der Waals surface area contributed by atoms with E-state index < -0.39 is 29.9 Å². The van der Waals surface area contributed by atoms with Crippen LogP contribution in [-0.4, -0.2) is 41.9 Å². The molecule has 0 bridgehead atoms. The number of carbonyl (C=O) groups excluding carboxylic acids is 4. The molecular weight excluding hydrogens is 414 g/mol. The number of fused-ring (bicyclic) bond motifs is 3. The Morgan fingerprint density at radius 1 is 1.16 bits per heavy atom. The largest absolute Gasteiger partial charge is 0.454 e. The fraction of sp³-hybridized carbons (Fsp3) is 0.304. The second-order valence-corrected chi connectivity index (χ2v) is 8.09. The molecule has 0 aromatic heterocycles. The number of anilines is 1. The molecule has 1 aliphatic carbocycles. The Balaban J connectivity index is 1.38. The zero-order chi connectivity index (χ0) is 22.5. The van der Waals surface area contributed by atoms with E-state index in [9.17, 15) is 19.2 Å². The van der Waals surface area contributed by atoms with E-state index in [1.807, 2.05) is 24.3 Å². The number of hydrogen-bond donors (Lipinski definition) is 2. The average molecular weight is 435 g/mol. The summed E-state index contributed by atoms with van der Waals surface area (Å²) < 4.78 is 10.6. The lowest BCUT2D eigenvalue weighted by atomic mass is 9.76. The van der Waals surface area contributed by atoms with E-state index in [0.717, 1.165) is 28.9 Å². The molecule has 0 saturated carbocycles. The highest BCUT2D eigenvalue weighted by Crippen LogP contribution is 2.40. The number of urea groups is 1. The highest BCUT2D eigenvalue weighted by atomic mass is 16.7. The summed E-state index contributed by atoms with van der Waals surface area (Å²) in [5.74, 6) is -0.497. The van der Waals surface area contributed by atoms with Crippen molar-refractivity contribution >= 4 is 29.3 Å². The van der Waals surface area contributed by atoms with Crippen molar-refractivity contribution in [2.24, 2.45) is 0 Å². The molecule has 32 heavy (non-hydrogen) atoms. The molecule has 9 nitrogen and oxygen atoms in total. The van der Waals surface area contributed by atoms with E-state index >= 15 is 0 Å². The predicted octanol–water partition coefficient (Wildman–Crippen LogP) is 2.34. The highest BCUT2D eigenvalue weighted by molar-refractivity contribution is 6.11. The number of amides is 4. The lowest BCUT2D eigenvalue weighted by Crippen LogP contribution is -2.47. The zero-order valence-electron chi connectivity index (χ0n) is 17.4. The summed E-state index contributed by atoms with van der Waals surface area (Å²) in [5, 5.41) is 5.46. The van der Waals surface area contributed by atoms with E-state index in [4.69, 9.17) is 9.47 Å². The Kier molecular flexibility index (Phi) is 4.61. The van der Waals surface area contributed by atoms with Gasteiger partial charge in [0.15, 0.2) is 17.3 Å². The number of nitrogens with zero attached hydrogens (tertiary/aromatic N) is 1. The van der Waals surface area contributed by atoms with Crippen molar-refractivity contribution in [3.63, 3.8) is 0 Å². The lowest BCUT2D eigenvalue weighted by Gasteiger charge is -2.33. The van der Waals surface area contributed by atoms with Gasteiger partial charge in [0.25, 0.3) is 5.91 Å². The van der Waals surface area contributed by atoms with Gasteiger partial charge in [-0.25, -0.2) is 4.79 Å². The van der Waals surface area contributed by atoms with E-state index in [2.05, 4.69) is 10.6 Å². The summed E-state index contributed by atoms with van der Waals surface area (Å²) in [5.41, 5.74) is 1.14. The first-order chi connectivity index (χ1) is 15.4. The molecule has 1 atom stereocenters. The van der Waals surface area contributed by atoms with Gasteiger partial charge in [-0.05, 0) is 43.4 Å². The standard InChI is InChI=1S/C23H21N3O6/c1-13(27)15-9-18-19(32-12-31-18)10-17(15)24-20(28)11-26-21(29)23(25-22(26)30)8-4-6-14-5-2-3-7-16(14)23/h2-3,5,7,9-10H,4,6,8,11-12H2,1H3,(H,24,28)(H,25,30)/t23-/m1/s1. The van der Waals surface area contributed by atoms with Gasteiger partial charge in [0.05, 0.1) is 5.69 Å². The second kappa shape index (κ2) is 7.37. The Labute approximate surface area is 183 Å². The number of benzene rings is 2. The lowest BCUT2D eigenvalue weighted by molar-refractivity contribution is -0.134. The summed E-state index contributed by atoms with van der Waals surface area (Å²) in [6.07, 6.45) is 2.06. The third-order valence-corrected chi connectivity index (χ3v) is 6.12. The van der Waals surface area contributed by atoms with Gasteiger partial charge in [-0.15, -0.1) is 0 Å². The number of carbonyl (C=O) groups is 4. The van der Waals surface area contributed by atoms with Crippen LogP contribution in [0.5, 0.6) is 11.5 Å². The maximum atomic E-state index is 13.3. The van der Waals surface area contributed by atoms with Crippen LogP contribution in [0.1, 0.15) is 41.3 Å². The molecule has 5 rings (SSSR count). The first kappa shape index (κ1) is 20.0. The summed E-state index contributed by atoms with van der Waals surface area (Å²) >= 11 is 0. The number of aryl methyl sites for hydroxylation is 1. The molecule has 0 unspecified atom stereocenters. The van der Waals surface area contributed by atoms with Crippen molar-refractivity contribution in [1.29, 1.82) is 0 Å². The van der Waals surface area contributed by atoms with Gasteiger partial charge in [0.1, 0.15) is 12.1 Å². The van der Waals surface area contributed by atoms with Crippen molar-refractivity contribution in [3.05, 3.63) is 53.1 Å². The summed E-state index contributed by atoms with van der Waals surface area (Å²) in [7, 11) is 0. The highest BCUT2D eigenvalue weighted by Gasteiger charge is 2.54. The van der Waals surface area contributed by atoms with Gasteiger partial charge in [-0.2, -0.15) is 0 Å². The minimum Gasteiger partial charge on any atom is -0.454 e. The van der Waals surface area contributed by atoms with Crippen LogP contribution in [0, 0.1) is 0 Å². The van der Waals surface area contributed by atoms with Crippen LogP contribution in [0.4, 0.5) is 10.5 Å². The van der Waals surface area contributed by atoms with Crippen LogP contribution < -0.4 is 20.1 Å². The monoisotopic (exact) mass is 435 g/mol. The zero-order valence-corrected chi connectivity index (χ0v) is 17.4. The molecule has 4 amide bonds. The molecular formula is C23H21N3O6. The van der Waals surface area contributed by atoms with Crippen molar-refractivity contribution in [2.45, 2.75) is 31.7 Å². The second-order valence-electron chi connectivity index (χ2n) is 8.09. The van der Waals surface area contributed by atoms with Crippen molar-refractivity contribution in [2.75, 3.05) is 18.7 Å². The fourth-order valence-electron chi connectivity index (χ4n) is 4.63. The number of Topliss-reactive ketones (excluding diaryl/α,β-unsaturated/α-hetero) is 1. The maximum absolute atomic E-state index is 13.3. The van der Waals surface area contributed by atoms with Gasteiger partial charge in [-0.1, -0.05) is 24.3 Å². The number of hydrogen-bond acceptors (Lipinski definition) is 6. The van der Waals surface area contributed by atoms with Crippen LogP contribution in [0.2, 0.25) is 0 Å². The minimum absolute atomic E-state index is 0.0239. The predicted molar refractivity (Wildman–Crippen MR) is 113 cm³/mol. The summed E-state index contributed by atoms with van der Waals surface area (Å²) in [6, 6.07) is 9.94. The molecule has 2 heterocycles. The van der Waals surface area contributed by atoms with Crippen LogP contribution in [0.25, 0.3) is 0 Å². The molecule has 1 fully saturated rings. The molecule has 0 radical (unpaired) electrons. The van der Waals surface area contributed by atoms with Crippen molar-refractivity contribution in [1.82, 2.24) is 10.2 Å². The minimum atomic E-state index is -1.14. The van der Waals surface area contributed by atoms with E-state index in [1.165, 1.54) is 19.1 Å². The van der Waals surface area contributed by atoms with Crippen molar-refractivity contribution in [3.8, 4) is 11.5 Å². The molecule has 2 N–H and O–H groups in total. The third kappa shape index (κ3) is 3.08. The van der Waals surface area contributed by atoms with E-state index in [1.54, 1.807) is 0 Å². The normalized spacial score (nSPS) is 20.8. The fourth-order valence-corrected chi connectivity index (χ4v) is 4.63. The summed E-state index contributed by atoms with van der Waals surface area (Å²) in [6.45, 7) is 0.922. The van der Waals surface area contributed by atoms with Gasteiger partial charge < -0.3 is 20.1 Å². The smallest absolute Gasteiger partial charge is 0.325 e. The third-order valence-electron chi connectivity index (χ3n) is 6.12. The first-order valence-electron chi connectivity index (χ1n) is 10.4. The SMILES string of the molecule is CC(=O)c1cc2c(cc1NC(=O)CN1C(=O)N[C@@]3(CCCc4ccccc43)C1=O)OCO2. The van der Waals surface area contributed by atoms with Crippen LogP contribution in [0.3, 0.4) is 0 Å². The Morgan fingerprint density at radius 3 is 2.69 bits per heavy atom. The van der Waals surface area contributed by atoms with Crippen molar-refractivity contribution < 1.29 is 28.7 Å². The Bertz CT molecular complexity index is 1180. The molecule has 164 valence electrons. The van der Waals surface area contributed by atoms with Crippen LogP contribution >= 0.6 is 0 Å². The summed E-state index contributed by atoms with van der Waals surface area (Å²) in [4.78, 5) is 51.8. The first-order valence-corrected chi connectivity index (χ1v) is 10.4. The number of nitrogens with one attached hydrogen (secondary N) is 2. The number of imide groups is 1. The van der Waals surface area contributed by atoms with Gasteiger partial charge in [-0.3, -0.25) is 19.3 Å². The topological polar surface area (TPSA) is 114 Å². The molecule has 9 heteroatoms. The number of ether oxygens (including phenoxy) is 2. The molecule has 2 aromatic rings. The Hall–Kier alpha value is -3.88. The average Bonchev–Trinajstić information content (AvgIpc) is 3.32. The quantitative estimate of drug-likeness (QED) is 0.563. The molecule has 1 spiro atoms. The van der Waals surface area contributed by atoms with E-state index in [-0.39, 0.29) is 23.8 Å². The van der Waals surface area contributed by atoms with Gasteiger partial charge >= 0.3 is 6.03 Å². The van der Waals surface area contributed by atoms with Crippen LogP contribution in [0.15, 0.2) is 36.4 Å². The van der Waals surface area contributed by atoms with E-state index in [0.29, 0.717) is 17.9 Å². The molecule has 1 saturated heterocycles. The number of ketones is 1. The van der Waals surface area contributed by atoms with Gasteiger partial charge in [0.2, 0.25) is 12.7 Å². The molecule has 2 aromatic carbocycles.